The minimum atomic E-state index is 0.913. The van der Waals surface area contributed by atoms with Gasteiger partial charge in [-0.15, -0.1) is 22.7 Å². The summed E-state index contributed by atoms with van der Waals surface area (Å²) in [5, 5.41) is 7.62. The summed E-state index contributed by atoms with van der Waals surface area (Å²) in [5.41, 5.74) is 4.63. The first-order valence-corrected chi connectivity index (χ1v) is 16.0. The number of hydrogen-bond acceptors (Lipinski definition) is 4. The van der Waals surface area contributed by atoms with Crippen LogP contribution in [-0.2, 0) is 0 Å². The number of aromatic nitrogens is 1. The third-order valence-electron chi connectivity index (χ3n) is 8.32. The summed E-state index contributed by atoms with van der Waals surface area (Å²) in [6.45, 7) is 0. The average Bonchev–Trinajstić information content (AvgIpc) is 3.64. The van der Waals surface area contributed by atoms with Gasteiger partial charge in [-0.05, 0) is 58.3 Å². The molecule has 0 aliphatic heterocycles. The zero-order valence-corrected chi connectivity index (χ0v) is 24.7. The standard InChI is InChI=1S/C39H24N2S2/c1-2-9-25(10-3-1)26-17-20-28(21-18-26)41(33-14-8-16-35-38(33)31-13-6-7-15-34(31)42-35)37-23-32-30-22-19-27-11-4-5-12-29(27)39(30)43-36(32)24-40-37/h1-24H. The highest BCUT2D eigenvalue weighted by Crippen LogP contribution is 2.46. The third kappa shape index (κ3) is 3.95. The molecule has 2 nitrogen and oxygen atoms in total. The van der Waals surface area contributed by atoms with E-state index in [-0.39, 0.29) is 0 Å². The summed E-state index contributed by atoms with van der Waals surface area (Å²) >= 11 is 3.67. The maximum Gasteiger partial charge on any atom is 0.138 e. The fourth-order valence-electron chi connectivity index (χ4n) is 6.29. The molecule has 0 fully saturated rings. The fourth-order valence-corrected chi connectivity index (χ4v) is 8.61. The summed E-state index contributed by atoms with van der Waals surface area (Å²) < 4.78 is 5.09. The van der Waals surface area contributed by atoms with Crippen molar-refractivity contribution in [2.24, 2.45) is 0 Å². The molecule has 202 valence electrons. The molecular weight excluding hydrogens is 561 g/mol. The molecule has 6 aromatic carbocycles. The van der Waals surface area contributed by atoms with Gasteiger partial charge in [0.15, 0.2) is 0 Å². The summed E-state index contributed by atoms with van der Waals surface area (Å²) in [6.07, 6.45) is 2.06. The monoisotopic (exact) mass is 584 g/mol. The Morgan fingerprint density at radius 3 is 2.12 bits per heavy atom. The van der Waals surface area contributed by atoms with Gasteiger partial charge in [0, 0.05) is 47.5 Å². The quantitative estimate of drug-likeness (QED) is 0.205. The maximum atomic E-state index is 5.13. The summed E-state index contributed by atoms with van der Waals surface area (Å²) in [5.74, 6) is 0.913. The van der Waals surface area contributed by atoms with Gasteiger partial charge in [-0.2, -0.15) is 0 Å². The van der Waals surface area contributed by atoms with E-state index >= 15 is 0 Å². The van der Waals surface area contributed by atoms with Crippen LogP contribution in [0.3, 0.4) is 0 Å². The van der Waals surface area contributed by atoms with E-state index in [4.69, 9.17) is 4.98 Å². The maximum absolute atomic E-state index is 5.13. The van der Waals surface area contributed by atoms with Crippen LogP contribution in [0.5, 0.6) is 0 Å². The highest BCUT2D eigenvalue weighted by molar-refractivity contribution is 7.26. The molecule has 0 saturated heterocycles. The molecule has 9 rings (SSSR count). The second kappa shape index (κ2) is 9.77. The smallest absolute Gasteiger partial charge is 0.138 e. The van der Waals surface area contributed by atoms with Crippen molar-refractivity contribution in [3.8, 4) is 11.1 Å². The molecule has 0 radical (unpaired) electrons. The van der Waals surface area contributed by atoms with E-state index in [1.54, 1.807) is 0 Å². The predicted octanol–water partition coefficient (Wildman–Crippen LogP) is 12.1. The van der Waals surface area contributed by atoms with Crippen LogP contribution in [0, 0.1) is 0 Å². The Morgan fingerprint density at radius 2 is 1.23 bits per heavy atom. The lowest BCUT2D eigenvalue weighted by Crippen LogP contribution is -2.11. The van der Waals surface area contributed by atoms with Gasteiger partial charge in [0.05, 0.1) is 10.4 Å². The van der Waals surface area contributed by atoms with Crippen molar-refractivity contribution in [1.82, 2.24) is 4.98 Å². The summed E-state index contributed by atoms with van der Waals surface area (Å²) in [4.78, 5) is 7.46. The molecule has 0 saturated carbocycles. The molecule has 0 aliphatic carbocycles. The van der Waals surface area contributed by atoms with Crippen LogP contribution in [0.1, 0.15) is 0 Å². The molecule has 0 bridgehead atoms. The largest absolute Gasteiger partial charge is 0.294 e. The lowest BCUT2D eigenvalue weighted by molar-refractivity contribution is 1.20. The molecule has 0 spiro atoms. The Hall–Kier alpha value is -5.03. The Kier molecular flexibility index (Phi) is 5.58. The molecule has 0 amide bonds. The number of rotatable bonds is 4. The zero-order valence-electron chi connectivity index (χ0n) is 23.1. The van der Waals surface area contributed by atoms with Gasteiger partial charge in [0.1, 0.15) is 5.82 Å². The minimum Gasteiger partial charge on any atom is -0.294 e. The Morgan fingerprint density at radius 1 is 0.488 bits per heavy atom. The number of anilines is 3. The topological polar surface area (TPSA) is 16.1 Å². The van der Waals surface area contributed by atoms with Crippen LogP contribution < -0.4 is 4.90 Å². The first-order valence-electron chi connectivity index (χ1n) is 14.4. The Labute approximate surface area is 256 Å². The van der Waals surface area contributed by atoms with E-state index in [1.807, 2.05) is 22.7 Å². The van der Waals surface area contributed by atoms with Crippen molar-refractivity contribution < 1.29 is 0 Å². The van der Waals surface area contributed by atoms with Crippen molar-refractivity contribution in [1.29, 1.82) is 0 Å². The van der Waals surface area contributed by atoms with Gasteiger partial charge < -0.3 is 0 Å². The summed E-state index contributed by atoms with van der Waals surface area (Å²) in [6, 6.07) is 50.2. The number of thiophene rings is 2. The number of fused-ring (bicyclic) bond motifs is 8. The molecule has 0 unspecified atom stereocenters. The predicted molar refractivity (Wildman–Crippen MR) is 188 cm³/mol. The van der Waals surface area contributed by atoms with Crippen molar-refractivity contribution in [3.05, 3.63) is 146 Å². The van der Waals surface area contributed by atoms with E-state index in [1.165, 1.54) is 62.2 Å². The molecule has 3 aromatic heterocycles. The van der Waals surface area contributed by atoms with Crippen molar-refractivity contribution in [2.45, 2.75) is 0 Å². The van der Waals surface area contributed by atoms with Crippen LogP contribution in [0.15, 0.2) is 146 Å². The van der Waals surface area contributed by atoms with Gasteiger partial charge in [-0.25, -0.2) is 4.98 Å². The first kappa shape index (κ1) is 24.6. The van der Waals surface area contributed by atoms with Gasteiger partial charge in [-0.3, -0.25) is 4.90 Å². The molecule has 3 heterocycles. The van der Waals surface area contributed by atoms with E-state index in [2.05, 4.69) is 151 Å². The second-order valence-electron chi connectivity index (χ2n) is 10.8. The lowest BCUT2D eigenvalue weighted by Gasteiger charge is -2.25. The molecule has 4 heteroatoms. The first-order chi connectivity index (χ1) is 21.3. The Bertz CT molecular complexity index is 2450. The highest BCUT2D eigenvalue weighted by Gasteiger charge is 2.20. The van der Waals surface area contributed by atoms with E-state index in [9.17, 15) is 0 Å². The van der Waals surface area contributed by atoms with Crippen LogP contribution in [0.4, 0.5) is 17.2 Å². The van der Waals surface area contributed by atoms with Crippen LogP contribution in [0.2, 0.25) is 0 Å². The summed E-state index contributed by atoms with van der Waals surface area (Å²) in [7, 11) is 0. The normalized spacial score (nSPS) is 11.7. The minimum absolute atomic E-state index is 0.913. The van der Waals surface area contributed by atoms with Gasteiger partial charge >= 0.3 is 0 Å². The van der Waals surface area contributed by atoms with Crippen LogP contribution >= 0.6 is 22.7 Å². The van der Waals surface area contributed by atoms with Crippen LogP contribution in [-0.4, -0.2) is 4.98 Å². The zero-order chi connectivity index (χ0) is 28.3. The molecule has 43 heavy (non-hydrogen) atoms. The highest BCUT2D eigenvalue weighted by atomic mass is 32.1. The van der Waals surface area contributed by atoms with Gasteiger partial charge in [-0.1, -0.05) is 103 Å². The third-order valence-corrected chi connectivity index (χ3v) is 10.6. The van der Waals surface area contributed by atoms with E-state index < -0.39 is 0 Å². The number of nitrogens with zero attached hydrogens (tertiary/aromatic N) is 2. The lowest BCUT2D eigenvalue weighted by atomic mass is 10.0. The van der Waals surface area contributed by atoms with Crippen molar-refractivity contribution >= 4 is 91.0 Å². The molecule has 9 aromatic rings. The van der Waals surface area contributed by atoms with Crippen molar-refractivity contribution in [3.63, 3.8) is 0 Å². The molecular formula is C39H24N2S2. The van der Waals surface area contributed by atoms with E-state index in [0.29, 0.717) is 0 Å². The van der Waals surface area contributed by atoms with Gasteiger partial charge in [0.25, 0.3) is 0 Å². The number of hydrogen-bond donors (Lipinski definition) is 0. The second-order valence-corrected chi connectivity index (χ2v) is 12.9. The number of pyridine rings is 1. The molecule has 0 aliphatic rings. The van der Waals surface area contributed by atoms with Gasteiger partial charge in [0.2, 0.25) is 0 Å². The molecule has 0 N–H and O–H groups in total. The van der Waals surface area contributed by atoms with Crippen LogP contribution in [0.25, 0.3) is 62.2 Å². The number of benzene rings is 6. The fraction of sp³-hybridized carbons (Fsp3) is 0. The molecule has 0 atom stereocenters. The SMILES string of the molecule is c1ccc(-c2ccc(N(c3cc4c(cn3)sc3c5ccccc5ccc43)c3cccc4sc5ccccc5c34)cc2)cc1. The Balaban J connectivity index is 1.29. The average molecular weight is 585 g/mol. The van der Waals surface area contributed by atoms with E-state index in [0.717, 1.165) is 17.2 Å². The van der Waals surface area contributed by atoms with Crippen molar-refractivity contribution in [2.75, 3.05) is 4.90 Å².